The quantitative estimate of drug-likeness (QED) is 0.0988. The second-order valence-electron chi connectivity index (χ2n) is 12.3. The topological polar surface area (TPSA) is 73.4 Å². The van der Waals surface area contributed by atoms with Gasteiger partial charge >= 0.3 is 0 Å². The predicted octanol–water partition coefficient (Wildman–Crippen LogP) is 9.04. The van der Waals surface area contributed by atoms with Crippen LogP contribution in [-0.2, 0) is 24.4 Å². The third-order valence-electron chi connectivity index (χ3n) is 8.51. The Morgan fingerprint density at radius 3 is 2.23 bits per heavy atom. The van der Waals surface area contributed by atoms with E-state index in [2.05, 4.69) is 34.1 Å². The second kappa shape index (κ2) is 19.7. The Morgan fingerprint density at radius 2 is 1.53 bits per heavy atom. The van der Waals surface area contributed by atoms with Crippen molar-refractivity contribution in [2.45, 2.75) is 26.5 Å². The number of rotatable bonds is 15. The van der Waals surface area contributed by atoms with Crippen LogP contribution in [0.2, 0.25) is 5.02 Å². The van der Waals surface area contributed by atoms with Crippen LogP contribution in [0.4, 0.5) is 4.39 Å². The van der Waals surface area contributed by atoms with Crippen LogP contribution < -0.4 is 18.9 Å². The van der Waals surface area contributed by atoms with Gasteiger partial charge in [0.25, 0.3) is 0 Å². The molecule has 1 fully saturated rings. The van der Waals surface area contributed by atoms with Gasteiger partial charge in [0.2, 0.25) is 11.8 Å². The van der Waals surface area contributed by atoms with Crippen LogP contribution in [0.15, 0.2) is 115 Å². The Morgan fingerprint density at radius 1 is 0.811 bits per heavy atom. The molecule has 0 atom stereocenters. The highest BCUT2D eigenvalue weighted by atomic mass is 35.5. The molecule has 1 aromatic heterocycles. The standard InChI is InChI=1S/C42H41ClFN3O5.ClH/c1-2-49-36-4-3-5-37(27-36)50-25-20-31-6-8-33(9-7-31)29-46-21-23-47(24-22-46)42(48)19-13-32-12-17-40(39(43)26-32)52-41-18-16-38(28-45-41)51-30-34-10-14-35(44)15-11-34;/h3-19,26-28H,2,20-25,29-30H2,1H3;1H. The molecule has 5 aromatic rings. The van der Waals surface area contributed by atoms with E-state index in [0.29, 0.717) is 55.3 Å². The maximum Gasteiger partial charge on any atom is 0.246 e. The number of aromatic nitrogens is 1. The molecule has 0 spiro atoms. The molecular formula is C42H42Cl2FN3O5. The van der Waals surface area contributed by atoms with Crippen LogP contribution in [0.3, 0.4) is 0 Å². The van der Waals surface area contributed by atoms with E-state index in [4.69, 9.17) is 30.5 Å². The lowest BCUT2D eigenvalue weighted by Gasteiger charge is -2.34. The molecule has 0 aliphatic carbocycles. The van der Waals surface area contributed by atoms with Gasteiger partial charge in [0.1, 0.15) is 35.4 Å². The number of halogens is 3. The number of carbonyl (C=O) groups excluding carboxylic acids is 1. The van der Waals surface area contributed by atoms with Gasteiger partial charge in [-0.05, 0) is 77.7 Å². The number of piperazine rings is 1. The number of pyridine rings is 1. The van der Waals surface area contributed by atoms with Crippen molar-refractivity contribution in [3.63, 3.8) is 0 Å². The van der Waals surface area contributed by atoms with Crippen molar-refractivity contribution >= 4 is 36.0 Å². The fraction of sp³-hybridized carbons (Fsp3) is 0.238. The molecule has 0 N–H and O–H groups in total. The smallest absolute Gasteiger partial charge is 0.246 e. The van der Waals surface area contributed by atoms with Crippen LogP contribution in [0.5, 0.6) is 28.9 Å². The van der Waals surface area contributed by atoms with E-state index in [1.54, 1.807) is 54.7 Å². The van der Waals surface area contributed by atoms with Crippen molar-refractivity contribution in [3.05, 3.63) is 148 Å². The van der Waals surface area contributed by atoms with Crippen LogP contribution >= 0.6 is 24.0 Å². The minimum Gasteiger partial charge on any atom is -0.494 e. The van der Waals surface area contributed by atoms with Gasteiger partial charge in [-0.3, -0.25) is 9.69 Å². The monoisotopic (exact) mass is 757 g/mol. The third kappa shape index (κ3) is 12.0. The van der Waals surface area contributed by atoms with E-state index < -0.39 is 0 Å². The van der Waals surface area contributed by atoms with Crippen molar-refractivity contribution in [2.24, 2.45) is 0 Å². The van der Waals surface area contributed by atoms with Crippen molar-refractivity contribution in [3.8, 4) is 28.9 Å². The first kappa shape index (κ1) is 39.1. The minimum absolute atomic E-state index is 0. The van der Waals surface area contributed by atoms with Gasteiger partial charge in [-0.2, -0.15) is 0 Å². The molecule has 1 aliphatic heterocycles. The highest BCUT2D eigenvalue weighted by Crippen LogP contribution is 2.30. The van der Waals surface area contributed by atoms with Gasteiger partial charge in [-0.1, -0.05) is 60.1 Å². The maximum absolute atomic E-state index is 13.1. The highest BCUT2D eigenvalue weighted by Gasteiger charge is 2.20. The molecule has 53 heavy (non-hydrogen) atoms. The van der Waals surface area contributed by atoms with Gasteiger partial charge in [0.05, 0.1) is 24.4 Å². The average Bonchev–Trinajstić information content (AvgIpc) is 3.16. The summed E-state index contributed by atoms with van der Waals surface area (Å²) >= 11 is 6.51. The lowest BCUT2D eigenvalue weighted by Crippen LogP contribution is -2.47. The predicted molar refractivity (Wildman–Crippen MR) is 208 cm³/mol. The highest BCUT2D eigenvalue weighted by molar-refractivity contribution is 6.32. The van der Waals surface area contributed by atoms with Gasteiger partial charge in [-0.25, -0.2) is 9.37 Å². The number of nitrogens with zero attached hydrogens (tertiary/aromatic N) is 3. The summed E-state index contributed by atoms with van der Waals surface area (Å²) in [6, 6.07) is 31.3. The lowest BCUT2D eigenvalue weighted by molar-refractivity contribution is -0.127. The number of hydrogen-bond donors (Lipinski definition) is 0. The zero-order valence-corrected chi connectivity index (χ0v) is 31.0. The lowest BCUT2D eigenvalue weighted by atomic mass is 10.1. The number of amides is 1. The van der Waals surface area contributed by atoms with Gasteiger partial charge < -0.3 is 23.8 Å². The van der Waals surface area contributed by atoms with Crippen LogP contribution in [0, 0.1) is 5.82 Å². The zero-order chi connectivity index (χ0) is 36.1. The molecule has 11 heteroatoms. The summed E-state index contributed by atoms with van der Waals surface area (Å²) in [5.41, 5.74) is 4.11. The molecule has 0 bridgehead atoms. The molecule has 8 nitrogen and oxygen atoms in total. The SMILES string of the molecule is CCOc1cccc(OCCc2ccc(CN3CCN(C(=O)C=Cc4ccc(Oc5ccc(OCc6ccc(F)cc6)cn5)c(Cl)c4)CC3)cc2)c1.Cl. The van der Waals surface area contributed by atoms with Crippen LogP contribution in [0.1, 0.15) is 29.2 Å². The number of carbonyl (C=O) groups is 1. The largest absolute Gasteiger partial charge is 0.494 e. The summed E-state index contributed by atoms with van der Waals surface area (Å²) in [4.78, 5) is 21.5. The Hall–Kier alpha value is -5.09. The first-order chi connectivity index (χ1) is 25.4. The first-order valence-corrected chi connectivity index (χ1v) is 17.7. The Balaban J connectivity index is 0.00000541. The summed E-state index contributed by atoms with van der Waals surface area (Å²) in [5.74, 6) is 2.66. The molecular weight excluding hydrogens is 716 g/mol. The molecule has 1 amide bonds. The van der Waals surface area contributed by atoms with Crippen molar-refractivity contribution < 1.29 is 28.1 Å². The molecule has 6 rings (SSSR count). The summed E-state index contributed by atoms with van der Waals surface area (Å²) < 4.78 is 36.1. The zero-order valence-electron chi connectivity index (χ0n) is 29.5. The summed E-state index contributed by atoms with van der Waals surface area (Å²) in [5, 5.41) is 0.395. The number of hydrogen-bond acceptors (Lipinski definition) is 7. The number of benzene rings is 4. The molecule has 4 aromatic carbocycles. The first-order valence-electron chi connectivity index (χ1n) is 17.3. The van der Waals surface area contributed by atoms with E-state index in [-0.39, 0.29) is 24.1 Å². The molecule has 276 valence electrons. The van der Waals surface area contributed by atoms with Gasteiger partial charge in [0.15, 0.2) is 0 Å². The second-order valence-corrected chi connectivity index (χ2v) is 12.7. The molecule has 0 radical (unpaired) electrons. The van der Waals surface area contributed by atoms with Crippen molar-refractivity contribution in [1.82, 2.24) is 14.8 Å². The third-order valence-corrected chi connectivity index (χ3v) is 8.80. The average molecular weight is 759 g/mol. The Labute approximate surface area is 321 Å². The molecule has 2 heterocycles. The minimum atomic E-state index is -0.289. The Bertz CT molecular complexity index is 1930. The van der Waals surface area contributed by atoms with E-state index in [1.807, 2.05) is 42.2 Å². The normalized spacial score (nSPS) is 13.0. The molecule has 1 saturated heterocycles. The van der Waals surface area contributed by atoms with Crippen molar-refractivity contribution in [1.29, 1.82) is 0 Å². The van der Waals surface area contributed by atoms with Gasteiger partial charge in [-0.15, -0.1) is 12.4 Å². The fourth-order valence-electron chi connectivity index (χ4n) is 5.65. The van der Waals surface area contributed by atoms with Gasteiger partial charge in [0, 0.05) is 57.4 Å². The summed E-state index contributed by atoms with van der Waals surface area (Å²) in [7, 11) is 0. The maximum atomic E-state index is 13.1. The molecule has 1 aliphatic rings. The van der Waals surface area contributed by atoms with E-state index >= 15 is 0 Å². The van der Waals surface area contributed by atoms with Crippen LogP contribution in [-0.4, -0.2) is 60.1 Å². The van der Waals surface area contributed by atoms with E-state index in [9.17, 15) is 9.18 Å². The number of ether oxygens (including phenoxy) is 4. The summed E-state index contributed by atoms with van der Waals surface area (Å²) in [6.45, 7) is 7.28. The Kier molecular flexibility index (Phi) is 14.5. The molecule has 0 saturated carbocycles. The fourth-order valence-corrected chi connectivity index (χ4v) is 5.88. The van der Waals surface area contributed by atoms with E-state index in [0.717, 1.165) is 48.7 Å². The molecule has 0 unspecified atom stereocenters. The van der Waals surface area contributed by atoms with Crippen LogP contribution in [0.25, 0.3) is 6.08 Å². The van der Waals surface area contributed by atoms with Crippen molar-refractivity contribution in [2.75, 3.05) is 39.4 Å². The van der Waals surface area contributed by atoms with E-state index in [1.165, 1.54) is 23.3 Å². The summed E-state index contributed by atoms with van der Waals surface area (Å²) in [6.07, 6.45) is 5.73.